The lowest BCUT2D eigenvalue weighted by Gasteiger charge is -2.23. The molecule has 166 valence electrons. The fourth-order valence-electron chi connectivity index (χ4n) is 2.69. The van der Waals surface area contributed by atoms with E-state index in [9.17, 15) is 30.7 Å². The summed E-state index contributed by atoms with van der Waals surface area (Å²) in [5.74, 6) is -0.194. The van der Waals surface area contributed by atoms with Crippen molar-refractivity contribution in [2.75, 3.05) is 19.8 Å². The standard InChI is InChI=1S/C10H8F6O.C10H12FNO/c1-5(17)6-2-7(9(11,12)13)4-8(3-6)10(14,15)16;11-9-3-1-8(2-4-9)10-7-13-6-5-12-10/h2-5,17H,1H3;1-4,10,12H,5-7H2/t5-;10-/m10/s1. The third-order valence-corrected chi connectivity index (χ3v) is 4.29. The number of benzene rings is 2. The number of aliphatic hydroxyl groups is 1. The highest BCUT2D eigenvalue weighted by atomic mass is 19.4. The van der Waals surface area contributed by atoms with Gasteiger partial charge in [0.25, 0.3) is 0 Å². The first-order valence-electron chi connectivity index (χ1n) is 8.92. The summed E-state index contributed by atoms with van der Waals surface area (Å²) in [5, 5.41) is 12.4. The van der Waals surface area contributed by atoms with Gasteiger partial charge in [-0.2, -0.15) is 26.3 Å². The third kappa shape index (κ3) is 6.96. The highest BCUT2D eigenvalue weighted by Gasteiger charge is 2.37. The number of morpholine rings is 1. The number of rotatable bonds is 2. The van der Waals surface area contributed by atoms with E-state index >= 15 is 0 Å². The van der Waals surface area contributed by atoms with Crippen molar-refractivity contribution in [1.29, 1.82) is 0 Å². The van der Waals surface area contributed by atoms with Crippen LogP contribution >= 0.6 is 0 Å². The molecule has 0 amide bonds. The molecule has 0 saturated carbocycles. The monoisotopic (exact) mass is 439 g/mol. The molecule has 1 aliphatic rings. The topological polar surface area (TPSA) is 41.5 Å². The normalized spacial score (nSPS) is 18.4. The van der Waals surface area contributed by atoms with Gasteiger partial charge in [-0.3, -0.25) is 0 Å². The van der Waals surface area contributed by atoms with Gasteiger partial charge in [-0.15, -0.1) is 0 Å². The van der Waals surface area contributed by atoms with Gasteiger partial charge in [0.1, 0.15) is 5.82 Å². The van der Waals surface area contributed by atoms with E-state index < -0.39 is 35.1 Å². The Labute approximate surface area is 168 Å². The molecule has 0 radical (unpaired) electrons. The van der Waals surface area contributed by atoms with Crippen LogP contribution in [0.15, 0.2) is 42.5 Å². The van der Waals surface area contributed by atoms with Gasteiger partial charge in [-0.25, -0.2) is 4.39 Å². The van der Waals surface area contributed by atoms with Crippen molar-refractivity contribution in [2.24, 2.45) is 0 Å². The molecule has 1 aliphatic heterocycles. The minimum atomic E-state index is -4.88. The molecular weight excluding hydrogens is 419 g/mol. The molecule has 2 aromatic carbocycles. The predicted molar refractivity (Wildman–Crippen MR) is 95.0 cm³/mol. The van der Waals surface area contributed by atoms with Gasteiger partial charge < -0.3 is 15.2 Å². The molecule has 30 heavy (non-hydrogen) atoms. The number of ether oxygens (including phenoxy) is 1. The van der Waals surface area contributed by atoms with Crippen LogP contribution in [0.1, 0.15) is 41.3 Å². The zero-order chi connectivity index (χ0) is 22.5. The molecule has 0 aromatic heterocycles. The van der Waals surface area contributed by atoms with Crippen molar-refractivity contribution in [3.8, 4) is 0 Å². The summed E-state index contributed by atoms with van der Waals surface area (Å²) in [7, 11) is 0. The Bertz CT molecular complexity index is 779. The Hall–Kier alpha value is -2.17. The summed E-state index contributed by atoms with van der Waals surface area (Å²) in [5.41, 5.74) is -2.19. The van der Waals surface area contributed by atoms with Crippen LogP contribution in [0.3, 0.4) is 0 Å². The number of nitrogens with one attached hydrogen (secondary N) is 1. The molecule has 1 heterocycles. The van der Waals surface area contributed by atoms with Crippen LogP contribution in [0.25, 0.3) is 0 Å². The van der Waals surface area contributed by atoms with Crippen LogP contribution in [-0.2, 0) is 17.1 Å². The maximum Gasteiger partial charge on any atom is 0.416 e. The Morgan fingerprint density at radius 3 is 1.90 bits per heavy atom. The van der Waals surface area contributed by atoms with Crippen molar-refractivity contribution in [1.82, 2.24) is 5.32 Å². The first-order valence-corrected chi connectivity index (χ1v) is 8.92. The van der Waals surface area contributed by atoms with Gasteiger partial charge in [-0.05, 0) is 48.4 Å². The summed E-state index contributed by atoms with van der Waals surface area (Å²) in [6.07, 6.45) is -11.2. The summed E-state index contributed by atoms with van der Waals surface area (Å²) in [6.45, 7) is 3.39. The molecule has 2 N–H and O–H groups in total. The van der Waals surface area contributed by atoms with E-state index in [1.165, 1.54) is 12.1 Å². The lowest BCUT2D eigenvalue weighted by molar-refractivity contribution is -0.143. The van der Waals surface area contributed by atoms with Crippen LogP contribution in [0.5, 0.6) is 0 Å². The van der Waals surface area contributed by atoms with E-state index in [0.29, 0.717) is 18.7 Å². The number of alkyl halides is 6. The van der Waals surface area contributed by atoms with Gasteiger partial charge in [-0.1, -0.05) is 12.1 Å². The number of aliphatic hydroxyl groups excluding tert-OH is 1. The van der Waals surface area contributed by atoms with Gasteiger partial charge in [0.2, 0.25) is 0 Å². The largest absolute Gasteiger partial charge is 0.416 e. The van der Waals surface area contributed by atoms with Crippen LogP contribution in [-0.4, -0.2) is 24.9 Å². The molecule has 1 fully saturated rings. The summed E-state index contributed by atoms with van der Waals surface area (Å²) < 4.78 is 92.0. The van der Waals surface area contributed by atoms with Crippen LogP contribution < -0.4 is 5.32 Å². The van der Waals surface area contributed by atoms with Crippen molar-refractivity contribution in [2.45, 2.75) is 31.4 Å². The molecule has 1 saturated heterocycles. The highest BCUT2D eigenvalue weighted by Crippen LogP contribution is 2.37. The Morgan fingerprint density at radius 2 is 1.50 bits per heavy atom. The Balaban J connectivity index is 0.000000220. The second-order valence-corrected chi connectivity index (χ2v) is 6.65. The lowest BCUT2D eigenvalue weighted by atomic mass is 10.0. The Kier molecular flexibility index (Phi) is 7.84. The van der Waals surface area contributed by atoms with Crippen LogP contribution in [0.2, 0.25) is 0 Å². The molecule has 2 aromatic rings. The molecule has 0 unspecified atom stereocenters. The zero-order valence-corrected chi connectivity index (χ0v) is 15.8. The quantitative estimate of drug-likeness (QED) is 0.627. The maximum absolute atomic E-state index is 12.6. The zero-order valence-electron chi connectivity index (χ0n) is 15.8. The minimum absolute atomic E-state index is 0.0197. The highest BCUT2D eigenvalue weighted by molar-refractivity contribution is 5.34. The van der Waals surface area contributed by atoms with Crippen molar-refractivity contribution in [3.05, 3.63) is 70.5 Å². The molecular formula is C20H20F7NO2. The summed E-state index contributed by atoms with van der Waals surface area (Å²) in [4.78, 5) is 0. The fraction of sp³-hybridized carbons (Fsp3) is 0.400. The average Bonchev–Trinajstić information content (AvgIpc) is 2.68. The van der Waals surface area contributed by atoms with E-state index in [-0.39, 0.29) is 17.9 Å². The first-order chi connectivity index (χ1) is 13.9. The molecule has 0 bridgehead atoms. The van der Waals surface area contributed by atoms with Gasteiger partial charge in [0.15, 0.2) is 0 Å². The predicted octanol–water partition coefficient (Wildman–Crippen LogP) is 5.26. The summed E-state index contributed by atoms with van der Waals surface area (Å²) >= 11 is 0. The SMILES string of the molecule is C[C@@H](O)c1cc(C(F)(F)F)cc(C(F)(F)F)c1.Fc1ccc([C@@H]2COCCN2)cc1. The molecule has 3 nitrogen and oxygen atoms in total. The average molecular weight is 439 g/mol. The van der Waals surface area contributed by atoms with Crippen LogP contribution in [0, 0.1) is 5.82 Å². The van der Waals surface area contributed by atoms with E-state index in [1.807, 2.05) is 0 Å². The molecule has 3 rings (SSSR count). The molecule has 0 spiro atoms. The smallest absolute Gasteiger partial charge is 0.389 e. The molecule has 2 atom stereocenters. The second-order valence-electron chi connectivity index (χ2n) is 6.65. The minimum Gasteiger partial charge on any atom is -0.389 e. The molecule has 10 heteroatoms. The number of hydrogen-bond donors (Lipinski definition) is 2. The van der Waals surface area contributed by atoms with Gasteiger partial charge >= 0.3 is 12.4 Å². The van der Waals surface area contributed by atoms with E-state index in [2.05, 4.69) is 5.32 Å². The first kappa shape index (κ1) is 24.1. The van der Waals surface area contributed by atoms with E-state index in [4.69, 9.17) is 9.84 Å². The van der Waals surface area contributed by atoms with Crippen molar-refractivity contribution < 1.29 is 40.6 Å². The third-order valence-electron chi connectivity index (χ3n) is 4.29. The molecule has 0 aliphatic carbocycles. The van der Waals surface area contributed by atoms with Crippen molar-refractivity contribution in [3.63, 3.8) is 0 Å². The fourth-order valence-corrected chi connectivity index (χ4v) is 2.69. The lowest BCUT2D eigenvalue weighted by Crippen LogP contribution is -2.34. The summed E-state index contributed by atoms with van der Waals surface area (Å²) in [6, 6.07) is 7.78. The Morgan fingerprint density at radius 1 is 0.967 bits per heavy atom. The number of halogens is 7. The van der Waals surface area contributed by atoms with Crippen LogP contribution in [0.4, 0.5) is 30.7 Å². The van der Waals surface area contributed by atoms with E-state index in [0.717, 1.165) is 25.6 Å². The maximum atomic E-state index is 12.6. The van der Waals surface area contributed by atoms with Gasteiger partial charge in [0, 0.05) is 6.54 Å². The second kappa shape index (κ2) is 9.76. The van der Waals surface area contributed by atoms with Gasteiger partial charge in [0.05, 0.1) is 36.5 Å². The van der Waals surface area contributed by atoms with E-state index in [1.54, 1.807) is 12.1 Å². The van der Waals surface area contributed by atoms with Crippen molar-refractivity contribution >= 4 is 0 Å². The number of hydrogen-bond acceptors (Lipinski definition) is 3.